The second kappa shape index (κ2) is 7.96. The summed E-state index contributed by atoms with van der Waals surface area (Å²) in [5.74, 6) is 0.891. The molecule has 3 aliphatic heterocycles. The highest BCUT2D eigenvalue weighted by Crippen LogP contribution is 2.38. The first-order valence-corrected chi connectivity index (χ1v) is 11.7. The predicted octanol–water partition coefficient (Wildman–Crippen LogP) is 1.04. The first-order valence-electron chi connectivity index (χ1n) is 9.86. The van der Waals surface area contributed by atoms with Crippen molar-refractivity contribution in [2.75, 3.05) is 26.0 Å². The van der Waals surface area contributed by atoms with Gasteiger partial charge in [0.15, 0.2) is 6.61 Å². The Morgan fingerprint density at radius 3 is 2.75 bits per heavy atom. The second-order valence-electron chi connectivity index (χ2n) is 7.95. The number of amides is 1. The maximum atomic E-state index is 12.8. The van der Waals surface area contributed by atoms with Crippen molar-refractivity contribution in [2.24, 2.45) is 0 Å². The summed E-state index contributed by atoms with van der Waals surface area (Å²) < 4.78 is 38.2. The van der Waals surface area contributed by atoms with Crippen LogP contribution in [0.25, 0.3) is 0 Å². The van der Waals surface area contributed by atoms with Gasteiger partial charge in [-0.2, -0.15) is 0 Å². The minimum absolute atomic E-state index is 0.0864. The third-order valence-corrected chi connectivity index (χ3v) is 6.75. The molecule has 1 saturated heterocycles. The minimum atomic E-state index is -3.37. The fourth-order valence-corrected chi connectivity index (χ4v) is 5.45. The molecular formula is C19H27N3O5S. The van der Waals surface area contributed by atoms with Crippen LogP contribution >= 0.6 is 0 Å². The van der Waals surface area contributed by atoms with Crippen LogP contribution < -0.4 is 9.46 Å². The average Bonchev–Trinajstić information content (AvgIpc) is 3.05. The Morgan fingerprint density at radius 2 is 2.00 bits per heavy atom. The summed E-state index contributed by atoms with van der Waals surface area (Å²) in [6.45, 7) is 0.732. The summed E-state index contributed by atoms with van der Waals surface area (Å²) in [5, 5.41) is 0. The summed E-state index contributed by atoms with van der Waals surface area (Å²) in [6, 6.07) is 1.32. The quantitative estimate of drug-likeness (QED) is 0.784. The number of hydrogen-bond donors (Lipinski definition) is 1. The second-order valence-corrected chi connectivity index (χ2v) is 9.73. The molecule has 1 aliphatic carbocycles. The zero-order valence-corrected chi connectivity index (χ0v) is 16.9. The van der Waals surface area contributed by atoms with Crippen molar-refractivity contribution in [1.82, 2.24) is 14.6 Å². The normalized spacial score (nSPS) is 31.2. The number of rotatable bonds is 2. The van der Waals surface area contributed by atoms with Crippen molar-refractivity contribution in [3.63, 3.8) is 0 Å². The molecule has 2 atom stereocenters. The zero-order chi connectivity index (χ0) is 19.7. The van der Waals surface area contributed by atoms with E-state index in [1.165, 1.54) is 0 Å². The number of pyridine rings is 1. The van der Waals surface area contributed by atoms with Gasteiger partial charge in [-0.1, -0.05) is 0 Å². The molecule has 154 valence electrons. The van der Waals surface area contributed by atoms with Gasteiger partial charge in [0.1, 0.15) is 5.75 Å². The molecule has 2 bridgehead atoms. The van der Waals surface area contributed by atoms with Gasteiger partial charge in [0.05, 0.1) is 31.2 Å². The van der Waals surface area contributed by atoms with Gasteiger partial charge in [-0.3, -0.25) is 9.78 Å². The van der Waals surface area contributed by atoms with Crippen LogP contribution in [0.5, 0.6) is 5.75 Å². The van der Waals surface area contributed by atoms with E-state index >= 15 is 0 Å². The number of carbonyl (C=O) groups is 1. The summed E-state index contributed by atoms with van der Waals surface area (Å²) in [6.07, 6.45) is 9.18. The van der Waals surface area contributed by atoms with Crippen molar-refractivity contribution in [2.45, 2.75) is 56.2 Å². The van der Waals surface area contributed by atoms with Crippen molar-refractivity contribution in [3.8, 4) is 5.75 Å². The lowest BCUT2D eigenvalue weighted by atomic mass is 9.82. The molecule has 1 amide bonds. The Morgan fingerprint density at radius 1 is 1.21 bits per heavy atom. The van der Waals surface area contributed by atoms with E-state index in [1.807, 2.05) is 6.07 Å². The third kappa shape index (κ3) is 4.31. The number of fused-ring (bicyclic) bond motifs is 5. The lowest BCUT2D eigenvalue weighted by Crippen LogP contribution is -2.50. The van der Waals surface area contributed by atoms with E-state index in [-0.39, 0.29) is 30.7 Å². The number of ether oxygens (including phenoxy) is 2. The number of sulfonamides is 1. The van der Waals surface area contributed by atoms with Crippen LogP contribution in [0.1, 0.15) is 43.6 Å². The standard InChI is InChI=1S/C19H27N3O5S/c1-28(24,25)21-16-7-9-22-17(16)11-26-14-4-2-13(3-5-14)15-6-8-20-10-18(15)27-12-19(22)23/h6,8,10,13-14,16-17,21H,2-5,7,9,11-12H2,1H3/t13-,14+,16-,17-/m0/s1. The largest absolute Gasteiger partial charge is 0.482 e. The van der Waals surface area contributed by atoms with Gasteiger partial charge in [-0.15, -0.1) is 0 Å². The number of aromatic nitrogens is 1. The van der Waals surface area contributed by atoms with E-state index in [4.69, 9.17) is 9.47 Å². The molecule has 8 nitrogen and oxygen atoms in total. The Balaban J connectivity index is 1.59. The minimum Gasteiger partial charge on any atom is -0.482 e. The number of nitrogens with zero attached hydrogens (tertiary/aromatic N) is 2. The van der Waals surface area contributed by atoms with Gasteiger partial charge in [0.2, 0.25) is 10.0 Å². The van der Waals surface area contributed by atoms with Crippen LogP contribution in [0.3, 0.4) is 0 Å². The third-order valence-electron chi connectivity index (χ3n) is 6.02. The monoisotopic (exact) mass is 409 g/mol. The van der Waals surface area contributed by atoms with Crippen molar-refractivity contribution >= 4 is 15.9 Å². The molecule has 0 aromatic carbocycles. The molecule has 0 spiro atoms. The molecule has 0 unspecified atom stereocenters. The highest BCUT2D eigenvalue weighted by atomic mass is 32.2. The zero-order valence-electron chi connectivity index (χ0n) is 16.0. The molecule has 1 aromatic heterocycles. The van der Waals surface area contributed by atoms with Gasteiger partial charge in [0.25, 0.3) is 5.91 Å². The van der Waals surface area contributed by atoms with Crippen molar-refractivity contribution in [1.29, 1.82) is 0 Å². The van der Waals surface area contributed by atoms with E-state index < -0.39 is 10.0 Å². The fraction of sp³-hybridized carbons (Fsp3) is 0.684. The van der Waals surface area contributed by atoms with Crippen molar-refractivity contribution < 1.29 is 22.7 Å². The molecule has 1 saturated carbocycles. The van der Waals surface area contributed by atoms with E-state index in [9.17, 15) is 13.2 Å². The molecule has 4 heterocycles. The smallest absolute Gasteiger partial charge is 0.260 e. The Kier molecular flexibility index (Phi) is 5.57. The van der Waals surface area contributed by atoms with E-state index in [1.54, 1.807) is 17.3 Å². The van der Waals surface area contributed by atoms with Crippen LogP contribution in [-0.4, -0.2) is 68.4 Å². The SMILES string of the molecule is CS(=O)(=O)N[C@H]1CCN2C(=O)COc3cnccc3[C@H]3CC[C@H](CC3)OC[C@@H]12. The van der Waals surface area contributed by atoms with Crippen LogP contribution in [0, 0.1) is 0 Å². The van der Waals surface area contributed by atoms with E-state index in [0.717, 1.165) is 37.5 Å². The van der Waals surface area contributed by atoms with Crippen LogP contribution in [0.4, 0.5) is 0 Å². The summed E-state index contributed by atoms with van der Waals surface area (Å²) in [7, 11) is -3.37. The Hall–Kier alpha value is -1.71. The highest BCUT2D eigenvalue weighted by Gasteiger charge is 2.39. The van der Waals surface area contributed by atoms with Gasteiger partial charge in [-0.05, 0) is 44.1 Å². The molecule has 4 aliphatic rings. The summed E-state index contributed by atoms with van der Waals surface area (Å²) in [5.41, 5.74) is 1.11. The molecule has 28 heavy (non-hydrogen) atoms. The molecule has 9 heteroatoms. The van der Waals surface area contributed by atoms with Gasteiger partial charge < -0.3 is 14.4 Å². The average molecular weight is 410 g/mol. The molecule has 2 fully saturated rings. The Bertz CT molecular complexity index is 823. The fourth-order valence-electron chi connectivity index (χ4n) is 4.63. The molecule has 1 aromatic rings. The lowest BCUT2D eigenvalue weighted by molar-refractivity contribution is -0.136. The number of carbonyl (C=O) groups excluding carboxylic acids is 1. The van der Waals surface area contributed by atoms with Crippen LogP contribution in [0.15, 0.2) is 18.5 Å². The predicted molar refractivity (Wildman–Crippen MR) is 103 cm³/mol. The van der Waals surface area contributed by atoms with Crippen LogP contribution in [-0.2, 0) is 19.6 Å². The molecule has 0 radical (unpaired) electrons. The van der Waals surface area contributed by atoms with Crippen molar-refractivity contribution in [3.05, 3.63) is 24.0 Å². The summed E-state index contributed by atoms with van der Waals surface area (Å²) >= 11 is 0. The topological polar surface area (TPSA) is 97.8 Å². The van der Waals surface area contributed by atoms with Gasteiger partial charge in [-0.25, -0.2) is 13.1 Å². The number of nitrogens with one attached hydrogen (secondary N) is 1. The Labute approximate surface area is 165 Å². The lowest BCUT2D eigenvalue weighted by Gasteiger charge is -2.32. The molecule has 1 N–H and O–H groups in total. The van der Waals surface area contributed by atoms with Gasteiger partial charge >= 0.3 is 0 Å². The van der Waals surface area contributed by atoms with E-state index in [2.05, 4.69) is 9.71 Å². The molecule has 5 rings (SSSR count). The van der Waals surface area contributed by atoms with Gasteiger partial charge in [0, 0.05) is 24.3 Å². The molecular weight excluding hydrogens is 382 g/mol. The van der Waals surface area contributed by atoms with Crippen LogP contribution in [0.2, 0.25) is 0 Å². The maximum absolute atomic E-state index is 12.8. The first kappa shape index (κ1) is 19.6. The summed E-state index contributed by atoms with van der Waals surface area (Å²) in [4.78, 5) is 18.7. The van der Waals surface area contributed by atoms with E-state index in [0.29, 0.717) is 31.2 Å². The highest BCUT2D eigenvalue weighted by molar-refractivity contribution is 7.88. The first-order chi connectivity index (χ1) is 13.4. The number of hydrogen-bond acceptors (Lipinski definition) is 6. The maximum Gasteiger partial charge on any atom is 0.260 e.